The summed E-state index contributed by atoms with van der Waals surface area (Å²) in [6, 6.07) is 8.52. The third-order valence-electron chi connectivity index (χ3n) is 4.99. The molecule has 7 heteroatoms. The number of nitrogens with zero attached hydrogens (tertiary/aromatic N) is 4. The first kappa shape index (κ1) is 19.9. The fourth-order valence-corrected chi connectivity index (χ4v) is 3.53. The molecule has 7 nitrogen and oxygen atoms in total. The van der Waals surface area contributed by atoms with Gasteiger partial charge in [-0.2, -0.15) is 0 Å². The minimum absolute atomic E-state index is 0.00849. The zero-order valence-corrected chi connectivity index (χ0v) is 16.7. The van der Waals surface area contributed by atoms with Crippen molar-refractivity contribution in [2.45, 2.75) is 32.9 Å². The third-order valence-corrected chi connectivity index (χ3v) is 4.99. The largest absolute Gasteiger partial charge is 0.466 e. The van der Waals surface area contributed by atoms with Gasteiger partial charge >= 0.3 is 5.97 Å². The van der Waals surface area contributed by atoms with Crippen LogP contribution >= 0.6 is 0 Å². The number of aromatic nitrogens is 2. The second kappa shape index (κ2) is 9.92. The number of likely N-dealkylation sites (tertiary alicyclic amines) is 1. The van der Waals surface area contributed by atoms with Crippen LogP contribution in [0.5, 0.6) is 0 Å². The standard InChI is InChI=1S/C21H29N5O2/c1-3-28-20(27)19-7-10-26(11-8-19)21(22-2)24-14-17-5-4-6-18(13-17)15-25-12-9-23-16-25/h4-6,9,12-13,16,19H,3,7-8,10-11,14-15H2,1-2H3,(H,22,24). The number of hydrogen-bond acceptors (Lipinski definition) is 4. The van der Waals surface area contributed by atoms with Crippen molar-refractivity contribution in [3.63, 3.8) is 0 Å². The molecule has 28 heavy (non-hydrogen) atoms. The maximum Gasteiger partial charge on any atom is 0.309 e. The number of ether oxygens (including phenoxy) is 1. The van der Waals surface area contributed by atoms with Crippen LogP contribution in [-0.2, 0) is 22.6 Å². The molecule has 0 unspecified atom stereocenters. The quantitative estimate of drug-likeness (QED) is 0.471. The van der Waals surface area contributed by atoms with Gasteiger partial charge in [0, 0.05) is 45.6 Å². The van der Waals surface area contributed by atoms with E-state index < -0.39 is 0 Å². The maximum atomic E-state index is 11.9. The van der Waals surface area contributed by atoms with Crippen LogP contribution in [0.4, 0.5) is 0 Å². The highest BCUT2D eigenvalue weighted by Gasteiger charge is 2.27. The van der Waals surface area contributed by atoms with E-state index in [1.807, 2.05) is 19.4 Å². The van der Waals surface area contributed by atoms with Crippen LogP contribution in [0, 0.1) is 5.92 Å². The van der Waals surface area contributed by atoms with Crippen molar-refractivity contribution in [1.29, 1.82) is 0 Å². The molecule has 0 radical (unpaired) electrons. The van der Waals surface area contributed by atoms with Gasteiger partial charge in [-0.1, -0.05) is 24.3 Å². The van der Waals surface area contributed by atoms with Gasteiger partial charge < -0.3 is 19.5 Å². The molecule has 0 amide bonds. The number of aliphatic imine (C=N–C) groups is 1. The van der Waals surface area contributed by atoms with Gasteiger partial charge in [0.1, 0.15) is 0 Å². The molecule has 1 fully saturated rings. The Hall–Kier alpha value is -2.83. The summed E-state index contributed by atoms with van der Waals surface area (Å²) < 4.78 is 7.20. The predicted octanol–water partition coefficient (Wildman–Crippen LogP) is 2.28. The summed E-state index contributed by atoms with van der Waals surface area (Å²) in [5, 5.41) is 3.45. The molecule has 1 saturated heterocycles. The fraction of sp³-hybridized carbons (Fsp3) is 0.476. The molecule has 2 heterocycles. The molecular weight excluding hydrogens is 354 g/mol. The second-order valence-corrected chi connectivity index (χ2v) is 6.97. The molecule has 2 aromatic rings. The molecule has 0 saturated carbocycles. The van der Waals surface area contributed by atoms with Gasteiger partial charge in [-0.15, -0.1) is 0 Å². The first-order valence-electron chi connectivity index (χ1n) is 9.85. The van der Waals surface area contributed by atoms with Crippen molar-refractivity contribution >= 4 is 11.9 Å². The van der Waals surface area contributed by atoms with Crippen LogP contribution in [0.25, 0.3) is 0 Å². The lowest BCUT2D eigenvalue weighted by atomic mass is 9.97. The highest BCUT2D eigenvalue weighted by atomic mass is 16.5. The van der Waals surface area contributed by atoms with Crippen molar-refractivity contribution in [3.05, 3.63) is 54.1 Å². The van der Waals surface area contributed by atoms with Crippen LogP contribution in [0.15, 0.2) is 48.0 Å². The second-order valence-electron chi connectivity index (χ2n) is 6.97. The lowest BCUT2D eigenvalue weighted by Crippen LogP contribution is -2.46. The van der Waals surface area contributed by atoms with Gasteiger partial charge in [-0.3, -0.25) is 9.79 Å². The Morgan fingerprint density at radius 3 is 2.79 bits per heavy atom. The number of carbonyl (C=O) groups is 1. The summed E-state index contributed by atoms with van der Waals surface area (Å²) >= 11 is 0. The van der Waals surface area contributed by atoms with Gasteiger partial charge in [-0.05, 0) is 30.9 Å². The molecule has 1 aliphatic heterocycles. The fourth-order valence-electron chi connectivity index (χ4n) is 3.53. The number of guanidine groups is 1. The normalized spacial score (nSPS) is 15.5. The Labute approximate surface area is 166 Å². The van der Waals surface area contributed by atoms with E-state index in [1.165, 1.54) is 11.1 Å². The van der Waals surface area contributed by atoms with Crippen molar-refractivity contribution in [1.82, 2.24) is 19.8 Å². The number of esters is 1. The highest BCUT2D eigenvalue weighted by molar-refractivity contribution is 5.80. The minimum Gasteiger partial charge on any atom is -0.466 e. The van der Waals surface area contributed by atoms with Gasteiger partial charge in [0.25, 0.3) is 0 Å². The monoisotopic (exact) mass is 383 g/mol. The van der Waals surface area contributed by atoms with Gasteiger partial charge in [-0.25, -0.2) is 4.98 Å². The maximum absolute atomic E-state index is 11.9. The average molecular weight is 383 g/mol. The van der Waals surface area contributed by atoms with Gasteiger partial charge in [0.2, 0.25) is 0 Å². The molecule has 0 aliphatic carbocycles. The summed E-state index contributed by atoms with van der Waals surface area (Å²) in [5.74, 6) is 0.816. The number of imidazole rings is 1. The molecular formula is C21H29N5O2. The average Bonchev–Trinajstić information content (AvgIpc) is 3.22. The van der Waals surface area contributed by atoms with Crippen molar-refractivity contribution < 1.29 is 9.53 Å². The summed E-state index contributed by atoms with van der Waals surface area (Å²) in [5.41, 5.74) is 2.45. The summed E-state index contributed by atoms with van der Waals surface area (Å²) in [7, 11) is 1.80. The number of hydrogen-bond donors (Lipinski definition) is 1. The topological polar surface area (TPSA) is 71.8 Å². The first-order valence-corrected chi connectivity index (χ1v) is 9.85. The van der Waals surface area contributed by atoms with E-state index in [1.54, 1.807) is 13.2 Å². The van der Waals surface area contributed by atoms with Crippen LogP contribution < -0.4 is 5.32 Å². The molecule has 1 aromatic heterocycles. The number of carbonyl (C=O) groups excluding carboxylic acids is 1. The van der Waals surface area contributed by atoms with E-state index in [-0.39, 0.29) is 11.9 Å². The minimum atomic E-state index is -0.0696. The summed E-state index contributed by atoms with van der Waals surface area (Å²) in [4.78, 5) is 22.6. The number of benzene rings is 1. The number of nitrogens with one attached hydrogen (secondary N) is 1. The zero-order valence-electron chi connectivity index (χ0n) is 16.7. The number of rotatable bonds is 6. The van der Waals surface area contributed by atoms with Crippen molar-refractivity contribution in [2.24, 2.45) is 10.9 Å². The van der Waals surface area contributed by atoms with E-state index in [2.05, 4.69) is 49.0 Å². The lowest BCUT2D eigenvalue weighted by Gasteiger charge is -2.33. The lowest BCUT2D eigenvalue weighted by molar-refractivity contribution is -0.149. The smallest absolute Gasteiger partial charge is 0.309 e. The Balaban J connectivity index is 1.51. The highest BCUT2D eigenvalue weighted by Crippen LogP contribution is 2.19. The Kier molecular flexibility index (Phi) is 7.06. The third kappa shape index (κ3) is 5.34. The van der Waals surface area contributed by atoms with Crippen LogP contribution in [0.3, 0.4) is 0 Å². The molecule has 0 spiro atoms. The Bertz CT molecular complexity index is 780. The Morgan fingerprint density at radius 2 is 2.11 bits per heavy atom. The van der Waals surface area contributed by atoms with E-state index >= 15 is 0 Å². The zero-order chi connectivity index (χ0) is 19.8. The van der Waals surface area contributed by atoms with Gasteiger partial charge in [0.05, 0.1) is 18.9 Å². The van der Waals surface area contributed by atoms with Crippen LogP contribution in [-0.4, -0.2) is 53.1 Å². The van der Waals surface area contributed by atoms with E-state index in [9.17, 15) is 4.79 Å². The van der Waals surface area contributed by atoms with Crippen LogP contribution in [0.1, 0.15) is 30.9 Å². The van der Waals surface area contributed by atoms with Crippen LogP contribution in [0.2, 0.25) is 0 Å². The molecule has 0 bridgehead atoms. The molecule has 1 N–H and O–H groups in total. The molecule has 1 aliphatic rings. The van der Waals surface area contributed by atoms with Gasteiger partial charge in [0.15, 0.2) is 5.96 Å². The molecule has 150 valence electrons. The molecule has 1 aromatic carbocycles. The van der Waals surface area contributed by atoms with E-state index in [4.69, 9.17) is 4.74 Å². The predicted molar refractivity (Wildman–Crippen MR) is 109 cm³/mol. The van der Waals surface area contributed by atoms with E-state index in [0.29, 0.717) is 13.2 Å². The first-order chi connectivity index (χ1) is 13.7. The summed E-state index contributed by atoms with van der Waals surface area (Å²) in [6.07, 6.45) is 7.19. The van der Waals surface area contributed by atoms with E-state index in [0.717, 1.165) is 38.4 Å². The van der Waals surface area contributed by atoms with Crippen molar-refractivity contribution in [2.75, 3.05) is 26.7 Å². The Morgan fingerprint density at radius 1 is 1.32 bits per heavy atom. The summed E-state index contributed by atoms with van der Waals surface area (Å²) in [6.45, 7) is 5.44. The molecule has 3 rings (SSSR count). The molecule has 0 atom stereocenters. The SMILES string of the molecule is CCOC(=O)C1CCN(C(=NC)NCc2cccc(Cn3ccnc3)c2)CC1. The van der Waals surface area contributed by atoms with Crippen molar-refractivity contribution in [3.8, 4) is 0 Å². The number of piperidine rings is 1.